The molecule has 3 aromatic heterocycles. The molecule has 57 heavy (non-hydrogen) atoms. The molecule has 11 aromatic rings. The van der Waals surface area contributed by atoms with Gasteiger partial charge in [-0.3, -0.25) is 0 Å². The average Bonchev–Trinajstić information content (AvgIpc) is 3.88. The van der Waals surface area contributed by atoms with Crippen molar-refractivity contribution in [1.82, 2.24) is 19.5 Å². The first-order valence-electron chi connectivity index (χ1n) is 19.4. The van der Waals surface area contributed by atoms with Gasteiger partial charge in [0.1, 0.15) is 5.58 Å². The molecule has 0 bridgehead atoms. The van der Waals surface area contributed by atoms with Gasteiger partial charge in [0, 0.05) is 43.7 Å². The Bertz CT molecular complexity index is 3450. The molecule has 268 valence electrons. The number of benzene rings is 8. The van der Waals surface area contributed by atoms with Crippen molar-refractivity contribution in [3.8, 4) is 51.0 Å². The van der Waals surface area contributed by atoms with Crippen LogP contribution in [0.3, 0.4) is 0 Å². The van der Waals surface area contributed by atoms with Crippen LogP contribution >= 0.6 is 0 Å². The van der Waals surface area contributed by atoms with Crippen molar-refractivity contribution < 1.29 is 4.42 Å². The number of furan rings is 1. The van der Waals surface area contributed by atoms with Crippen molar-refractivity contribution in [3.63, 3.8) is 0 Å². The molecule has 0 spiro atoms. The zero-order valence-corrected chi connectivity index (χ0v) is 31.4. The van der Waals surface area contributed by atoms with Crippen molar-refractivity contribution in [1.29, 1.82) is 0 Å². The summed E-state index contributed by atoms with van der Waals surface area (Å²) in [4.78, 5) is 15.7. The minimum Gasteiger partial charge on any atom is -0.454 e. The molecule has 8 aromatic carbocycles. The Morgan fingerprint density at radius 1 is 0.456 bits per heavy atom. The highest BCUT2D eigenvalue weighted by Gasteiger charge is 2.35. The number of rotatable bonds is 4. The van der Waals surface area contributed by atoms with Gasteiger partial charge in [0.15, 0.2) is 23.1 Å². The molecule has 0 atom stereocenters. The van der Waals surface area contributed by atoms with E-state index in [9.17, 15) is 0 Å². The number of aromatic nitrogens is 4. The first-order valence-corrected chi connectivity index (χ1v) is 19.4. The normalized spacial score (nSPS) is 13.2. The molecule has 12 rings (SSSR count). The zero-order valence-electron chi connectivity index (χ0n) is 31.4. The van der Waals surface area contributed by atoms with E-state index in [1.54, 1.807) is 0 Å². The van der Waals surface area contributed by atoms with Crippen LogP contribution in [-0.2, 0) is 5.41 Å². The van der Waals surface area contributed by atoms with E-state index in [-0.39, 0.29) is 5.41 Å². The van der Waals surface area contributed by atoms with E-state index < -0.39 is 0 Å². The summed E-state index contributed by atoms with van der Waals surface area (Å²) >= 11 is 0. The van der Waals surface area contributed by atoms with E-state index >= 15 is 0 Å². The maximum Gasteiger partial charge on any atom is 0.164 e. The van der Waals surface area contributed by atoms with Gasteiger partial charge in [-0.2, -0.15) is 0 Å². The second-order valence-electron chi connectivity index (χ2n) is 15.6. The first-order chi connectivity index (χ1) is 28.0. The average molecular weight is 731 g/mol. The highest BCUT2D eigenvalue weighted by atomic mass is 16.3. The van der Waals surface area contributed by atoms with Crippen molar-refractivity contribution in [2.24, 2.45) is 0 Å². The Labute approximate surface area is 328 Å². The van der Waals surface area contributed by atoms with E-state index in [2.05, 4.69) is 158 Å². The van der Waals surface area contributed by atoms with Crippen LogP contribution < -0.4 is 0 Å². The molecule has 0 aliphatic heterocycles. The summed E-state index contributed by atoms with van der Waals surface area (Å²) in [7, 11) is 0. The monoisotopic (exact) mass is 730 g/mol. The molecule has 1 aliphatic carbocycles. The summed E-state index contributed by atoms with van der Waals surface area (Å²) < 4.78 is 9.25. The Hall–Kier alpha value is -7.37. The Morgan fingerprint density at radius 3 is 1.96 bits per heavy atom. The molecule has 3 heterocycles. The lowest BCUT2D eigenvalue weighted by molar-refractivity contribution is 0.660. The Balaban J connectivity index is 1.12. The summed E-state index contributed by atoms with van der Waals surface area (Å²) in [5.41, 5.74) is 12.6. The number of hydrogen-bond acceptors (Lipinski definition) is 4. The molecule has 0 amide bonds. The van der Waals surface area contributed by atoms with Crippen LogP contribution in [0.25, 0.3) is 105 Å². The standard InChI is InChI=1S/C52H34N4O/c1-52(2)41-21-11-8-18-35(41)36-25-24-34(29-42(36)52)50-53-49(31-14-4-3-5-15-31)54-51(55-50)39-26-27-44(48-47(39)38-20-10-13-23-46(38)57-48)56-43-22-12-9-19-37(43)40-28-32-16-6-7-17-33(32)30-45(40)56/h3-30H,1-2H3. The first kappa shape index (κ1) is 31.9. The molecule has 1 aliphatic rings. The van der Waals surface area contributed by atoms with Crippen molar-refractivity contribution >= 4 is 54.5 Å². The van der Waals surface area contributed by atoms with Crippen LogP contribution in [0.15, 0.2) is 174 Å². The van der Waals surface area contributed by atoms with Gasteiger partial charge >= 0.3 is 0 Å². The second kappa shape index (κ2) is 11.8. The molecule has 5 nitrogen and oxygen atoms in total. The molecule has 5 heteroatoms. The third kappa shape index (κ3) is 4.66. The summed E-state index contributed by atoms with van der Waals surface area (Å²) in [5, 5.41) is 6.78. The fourth-order valence-corrected chi connectivity index (χ4v) is 9.28. The molecule has 0 saturated heterocycles. The van der Waals surface area contributed by atoms with Gasteiger partial charge in [-0.15, -0.1) is 0 Å². The third-order valence-corrected chi connectivity index (χ3v) is 12.0. The van der Waals surface area contributed by atoms with Gasteiger partial charge in [-0.05, 0) is 75.5 Å². The molecule has 0 saturated carbocycles. The van der Waals surface area contributed by atoms with Crippen LogP contribution in [-0.4, -0.2) is 19.5 Å². The number of para-hydroxylation sites is 2. The van der Waals surface area contributed by atoms with Crippen LogP contribution in [0.4, 0.5) is 0 Å². The minimum absolute atomic E-state index is 0.156. The molecule has 0 N–H and O–H groups in total. The zero-order chi connectivity index (χ0) is 37.8. The number of hydrogen-bond donors (Lipinski definition) is 0. The van der Waals surface area contributed by atoms with Crippen LogP contribution in [0.5, 0.6) is 0 Å². The number of fused-ring (bicyclic) bond motifs is 10. The maximum atomic E-state index is 6.90. The van der Waals surface area contributed by atoms with Crippen molar-refractivity contribution in [3.05, 3.63) is 181 Å². The van der Waals surface area contributed by atoms with Gasteiger partial charge in [-0.1, -0.05) is 141 Å². The molecular weight excluding hydrogens is 697 g/mol. The van der Waals surface area contributed by atoms with E-state index in [1.807, 2.05) is 30.3 Å². The summed E-state index contributed by atoms with van der Waals surface area (Å²) in [5.74, 6) is 1.85. The van der Waals surface area contributed by atoms with Gasteiger partial charge in [0.25, 0.3) is 0 Å². The minimum atomic E-state index is -0.156. The lowest BCUT2D eigenvalue weighted by Crippen LogP contribution is -2.15. The molecular formula is C52H34N4O. The highest BCUT2D eigenvalue weighted by Crippen LogP contribution is 2.50. The molecule has 0 unspecified atom stereocenters. The highest BCUT2D eigenvalue weighted by molar-refractivity contribution is 6.17. The van der Waals surface area contributed by atoms with Gasteiger partial charge < -0.3 is 8.98 Å². The van der Waals surface area contributed by atoms with E-state index in [1.165, 1.54) is 43.8 Å². The van der Waals surface area contributed by atoms with Gasteiger partial charge in [-0.25, -0.2) is 15.0 Å². The molecule has 0 radical (unpaired) electrons. The van der Waals surface area contributed by atoms with Crippen LogP contribution in [0.2, 0.25) is 0 Å². The largest absolute Gasteiger partial charge is 0.454 e. The fourth-order valence-electron chi connectivity index (χ4n) is 9.28. The second-order valence-corrected chi connectivity index (χ2v) is 15.6. The Kier molecular flexibility index (Phi) is 6.62. The van der Waals surface area contributed by atoms with E-state index in [0.717, 1.165) is 55.3 Å². The molecule has 0 fully saturated rings. The summed E-state index contributed by atoms with van der Waals surface area (Å²) in [6, 6.07) is 60.0. The third-order valence-electron chi connectivity index (χ3n) is 12.0. The predicted octanol–water partition coefficient (Wildman–Crippen LogP) is 13.3. The van der Waals surface area contributed by atoms with E-state index in [0.29, 0.717) is 17.5 Å². The Morgan fingerprint density at radius 2 is 1.11 bits per heavy atom. The quantitative estimate of drug-likeness (QED) is 0.181. The summed E-state index contributed by atoms with van der Waals surface area (Å²) in [6.07, 6.45) is 0. The predicted molar refractivity (Wildman–Crippen MR) is 233 cm³/mol. The summed E-state index contributed by atoms with van der Waals surface area (Å²) in [6.45, 7) is 4.61. The van der Waals surface area contributed by atoms with Crippen molar-refractivity contribution in [2.75, 3.05) is 0 Å². The lowest BCUT2D eigenvalue weighted by Gasteiger charge is -2.21. The smallest absolute Gasteiger partial charge is 0.164 e. The maximum absolute atomic E-state index is 6.90. The SMILES string of the molecule is CC1(C)c2ccccc2-c2ccc(-c3nc(-c4ccccc4)nc(-c4ccc(-n5c6ccccc6c6cc7ccccc7cc65)c5oc6ccccc6c45)n3)cc21. The topological polar surface area (TPSA) is 56.7 Å². The van der Waals surface area contributed by atoms with Crippen LogP contribution in [0, 0.1) is 0 Å². The van der Waals surface area contributed by atoms with Crippen molar-refractivity contribution in [2.45, 2.75) is 19.3 Å². The van der Waals surface area contributed by atoms with Crippen LogP contribution in [0.1, 0.15) is 25.0 Å². The lowest BCUT2D eigenvalue weighted by atomic mass is 9.82. The van der Waals surface area contributed by atoms with E-state index in [4.69, 9.17) is 19.4 Å². The van der Waals surface area contributed by atoms with Gasteiger partial charge in [0.05, 0.1) is 16.7 Å². The fraction of sp³-hybridized carbons (Fsp3) is 0.0577. The van der Waals surface area contributed by atoms with Gasteiger partial charge in [0.2, 0.25) is 0 Å². The number of nitrogens with zero attached hydrogens (tertiary/aromatic N) is 4.